The van der Waals surface area contributed by atoms with Crippen molar-refractivity contribution in [3.05, 3.63) is 18.5 Å². The molecule has 7 heteroatoms. The maximum atomic E-state index is 11.8. The van der Waals surface area contributed by atoms with E-state index in [4.69, 9.17) is 5.11 Å². The van der Waals surface area contributed by atoms with Crippen molar-refractivity contribution >= 4 is 17.8 Å². The summed E-state index contributed by atoms with van der Waals surface area (Å²) < 4.78 is 0. The van der Waals surface area contributed by atoms with E-state index in [0.29, 0.717) is 6.54 Å². The molecule has 2 atom stereocenters. The number of likely N-dealkylation sites (tertiary alicyclic amines) is 1. The first-order chi connectivity index (χ1) is 9.08. The first kappa shape index (κ1) is 13.4. The second-order valence-electron chi connectivity index (χ2n) is 4.64. The summed E-state index contributed by atoms with van der Waals surface area (Å²) in [5, 5.41) is 11.7. The number of nitrogens with one attached hydrogen (secondary N) is 1. The van der Waals surface area contributed by atoms with Gasteiger partial charge in [0.15, 0.2) is 0 Å². The molecule has 0 aromatic carbocycles. The van der Waals surface area contributed by atoms with E-state index in [9.17, 15) is 9.59 Å². The number of carbonyl (C=O) groups excluding carboxylic acids is 1. The Morgan fingerprint density at radius 2 is 2.16 bits per heavy atom. The number of carboxylic acids is 1. The van der Waals surface area contributed by atoms with Gasteiger partial charge in [-0.2, -0.15) is 0 Å². The number of aliphatic carboxylic acids is 1. The molecule has 2 unspecified atom stereocenters. The van der Waals surface area contributed by atoms with Gasteiger partial charge < -0.3 is 5.11 Å². The van der Waals surface area contributed by atoms with Crippen molar-refractivity contribution in [3.63, 3.8) is 0 Å². The predicted molar refractivity (Wildman–Crippen MR) is 67.4 cm³/mol. The minimum atomic E-state index is -0.881. The summed E-state index contributed by atoms with van der Waals surface area (Å²) in [5.41, 5.74) is 0. The van der Waals surface area contributed by atoms with Gasteiger partial charge in [0.05, 0.1) is 6.54 Å². The quantitative estimate of drug-likeness (QED) is 0.807. The van der Waals surface area contributed by atoms with Gasteiger partial charge in [-0.25, -0.2) is 9.97 Å². The number of hydrogen-bond acceptors (Lipinski definition) is 5. The van der Waals surface area contributed by atoms with Gasteiger partial charge in [-0.15, -0.1) is 0 Å². The summed E-state index contributed by atoms with van der Waals surface area (Å²) in [6.07, 6.45) is 3.84. The van der Waals surface area contributed by atoms with Crippen LogP contribution in [-0.2, 0) is 9.59 Å². The fraction of sp³-hybridized carbons (Fsp3) is 0.500. The summed E-state index contributed by atoms with van der Waals surface area (Å²) in [7, 11) is 0. The molecular formula is C12H16N4O3. The third kappa shape index (κ3) is 3.25. The van der Waals surface area contributed by atoms with E-state index in [-0.39, 0.29) is 24.3 Å². The van der Waals surface area contributed by atoms with Crippen LogP contribution >= 0.6 is 0 Å². The zero-order valence-corrected chi connectivity index (χ0v) is 10.6. The Labute approximate surface area is 110 Å². The molecule has 0 saturated carbocycles. The third-order valence-electron chi connectivity index (χ3n) is 3.22. The molecule has 2 N–H and O–H groups in total. The summed E-state index contributed by atoms with van der Waals surface area (Å²) in [6, 6.07) is 1.06. The van der Waals surface area contributed by atoms with Crippen molar-refractivity contribution < 1.29 is 14.7 Å². The van der Waals surface area contributed by atoms with Crippen LogP contribution in [0, 0.1) is 5.92 Å². The van der Waals surface area contributed by atoms with Gasteiger partial charge in [0.2, 0.25) is 11.9 Å². The Balaban J connectivity index is 1.94. The van der Waals surface area contributed by atoms with Crippen molar-refractivity contribution in [2.24, 2.45) is 5.92 Å². The van der Waals surface area contributed by atoms with E-state index in [0.717, 1.165) is 6.42 Å². The Kier molecular flexibility index (Phi) is 4.06. The zero-order chi connectivity index (χ0) is 13.8. The number of rotatable bonds is 4. The largest absolute Gasteiger partial charge is 0.480 e. The Morgan fingerprint density at radius 1 is 1.47 bits per heavy atom. The third-order valence-corrected chi connectivity index (χ3v) is 3.22. The highest BCUT2D eigenvalue weighted by Crippen LogP contribution is 2.23. The van der Waals surface area contributed by atoms with E-state index in [1.54, 1.807) is 11.0 Å². The molecule has 7 nitrogen and oxygen atoms in total. The molecule has 1 amide bonds. The first-order valence-electron chi connectivity index (χ1n) is 6.11. The molecule has 19 heavy (non-hydrogen) atoms. The second kappa shape index (κ2) is 5.75. The summed E-state index contributed by atoms with van der Waals surface area (Å²) >= 11 is 0. The van der Waals surface area contributed by atoms with E-state index >= 15 is 0 Å². The molecule has 1 aromatic rings. The van der Waals surface area contributed by atoms with Crippen molar-refractivity contribution in [1.29, 1.82) is 0 Å². The number of amides is 1. The number of hydrogen-bond donors (Lipinski definition) is 2. The molecule has 0 aliphatic carbocycles. The van der Waals surface area contributed by atoms with Crippen LogP contribution in [0.1, 0.15) is 13.3 Å². The van der Waals surface area contributed by atoms with Gasteiger partial charge in [0.1, 0.15) is 6.04 Å². The minimum absolute atomic E-state index is 0.0412. The van der Waals surface area contributed by atoms with Crippen LogP contribution in [0.25, 0.3) is 0 Å². The SMILES string of the molecule is CC1CCN(CC(=O)Nc2ncccn2)C1C(=O)O. The number of nitrogens with zero attached hydrogens (tertiary/aromatic N) is 3. The van der Waals surface area contributed by atoms with E-state index in [1.165, 1.54) is 12.4 Å². The predicted octanol–water partition coefficient (Wildman–Crippen LogP) is 0.210. The highest BCUT2D eigenvalue weighted by molar-refractivity contribution is 5.91. The number of aromatic nitrogens is 2. The lowest BCUT2D eigenvalue weighted by Gasteiger charge is -2.22. The normalized spacial score (nSPS) is 23.2. The molecule has 0 radical (unpaired) electrons. The lowest BCUT2D eigenvalue weighted by molar-refractivity contribution is -0.143. The molecule has 1 aliphatic rings. The van der Waals surface area contributed by atoms with Crippen LogP contribution < -0.4 is 5.32 Å². The van der Waals surface area contributed by atoms with Crippen molar-refractivity contribution in [2.75, 3.05) is 18.4 Å². The van der Waals surface area contributed by atoms with Crippen LogP contribution in [0.2, 0.25) is 0 Å². The van der Waals surface area contributed by atoms with E-state index in [1.807, 2.05) is 6.92 Å². The highest BCUT2D eigenvalue weighted by Gasteiger charge is 2.37. The standard InChI is InChI=1S/C12H16N4O3/c1-8-3-6-16(10(8)11(18)19)7-9(17)15-12-13-4-2-5-14-12/h2,4-5,8,10H,3,6-7H2,1H3,(H,18,19)(H,13,14,15,17). The fourth-order valence-corrected chi connectivity index (χ4v) is 2.32. The zero-order valence-electron chi connectivity index (χ0n) is 10.6. The minimum Gasteiger partial charge on any atom is -0.480 e. The monoisotopic (exact) mass is 264 g/mol. The molecule has 1 fully saturated rings. The first-order valence-corrected chi connectivity index (χ1v) is 6.11. The molecular weight excluding hydrogens is 248 g/mol. The van der Waals surface area contributed by atoms with Crippen LogP contribution in [0.5, 0.6) is 0 Å². The summed E-state index contributed by atoms with van der Waals surface area (Å²) in [4.78, 5) is 32.4. The highest BCUT2D eigenvalue weighted by atomic mass is 16.4. The fourth-order valence-electron chi connectivity index (χ4n) is 2.32. The number of carboxylic acid groups (broad SMARTS) is 1. The summed E-state index contributed by atoms with van der Waals surface area (Å²) in [5.74, 6) is -0.898. The van der Waals surface area contributed by atoms with Crippen molar-refractivity contribution in [3.8, 4) is 0 Å². The topological polar surface area (TPSA) is 95.4 Å². The second-order valence-corrected chi connectivity index (χ2v) is 4.64. The van der Waals surface area contributed by atoms with Crippen LogP contribution in [0.15, 0.2) is 18.5 Å². The smallest absolute Gasteiger partial charge is 0.321 e. The van der Waals surface area contributed by atoms with Crippen LogP contribution in [-0.4, -0.2) is 51.0 Å². The van der Waals surface area contributed by atoms with Gasteiger partial charge in [-0.05, 0) is 24.9 Å². The molecule has 2 heterocycles. The van der Waals surface area contributed by atoms with E-state index < -0.39 is 12.0 Å². The Bertz CT molecular complexity index is 465. The number of carbonyl (C=O) groups is 2. The molecule has 0 spiro atoms. The van der Waals surface area contributed by atoms with Crippen LogP contribution in [0.4, 0.5) is 5.95 Å². The maximum Gasteiger partial charge on any atom is 0.321 e. The van der Waals surface area contributed by atoms with Gasteiger partial charge in [-0.1, -0.05) is 6.92 Å². The lowest BCUT2D eigenvalue weighted by Crippen LogP contribution is -2.43. The van der Waals surface area contributed by atoms with Crippen molar-refractivity contribution in [1.82, 2.24) is 14.9 Å². The van der Waals surface area contributed by atoms with Gasteiger partial charge in [-0.3, -0.25) is 19.8 Å². The Morgan fingerprint density at radius 3 is 2.79 bits per heavy atom. The average Bonchev–Trinajstić information content (AvgIpc) is 2.71. The maximum absolute atomic E-state index is 11.8. The summed E-state index contributed by atoms with van der Waals surface area (Å²) in [6.45, 7) is 2.54. The van der Waals surface area contributed by atoms with Crippen molar-refractivity contribution in [2.45, 2.75) is 19.4 Å². The molecule has 102 valence electrons. The van der Waals surface area contributed by atoms with Gasteiger partial charge in [0, 0.05) is 12.4 Å². The molecule has 1 aliphatic heterocycles. The molecule has 1 aromatic heterocycles. The Hall–Kier alpha value is -2.02. The molecule has 2 rings (SSSR count). The lowest BCUT2D eigenvalue weighted by atomic mass is 10.0. The van der Waals surface area contributed by atoms with E-state index in [2.05, 4.69) is 15.3 Å². The van der Waals surface area contributed by atoms with Crippen LogP contribution in [0.3, 0.4) is 0 Å². The molecule has 0 bridgehead atoms. The van der Waals surface area contributed by atoms with Gasteiger partial charge in [0.25, 0.3) is 0 Å². The van der Waals surface area contributed by atoms with Gasteiger partial charge >= 0.3 is 5.97 Å². The number of anilines is 1. The molecule has 1 saturated heterocycles. The average molecular weight is 264 g/mol.